The molecule has 0 amide bonds. The molecule has 0 aliphatic carbocycles. The third kappa shape index (κ3) is 5.23. The van der Waals surface area contributed by atoms with Gasteiger partial charge in [-0.1, -0.05) is 0 Å². The Kier molecular flexibility index (Phi) is 7.70. The van der Waals surface area contributed by atoms with Crippen molar-refractivity contribution in [3.05, 3.63) is 0 Å². The summed E-state index contributed by atoms with van der Waals surface area (Å²) in [4.78, 5) is 0. The van der Waals surface area contributed by atoms with Crippen LogP contribution in [0.1, 0.15) is 13.8 Å². The highest BCUT2D eigenvalue weighted by molar-refractivity contribution is 6.70. The van der Waals surface area contributed by atoms with Crippen LogP contribution < -0.4 is 0 Å². The Labute approximate surface area is 89.6 Å². The minimum absolute atomic E-state index is 0.444. The van der Waals surface area contributed by atoms with Crippen LogP contribution in [-0.2, 0) is 17.7 Å². The average molecular weight is 238 g/mol. The smallest absolute Gasteiger partial charge is 0.417 e. The van der Waals surface area contributed by atoms with Gasteiger partial charge in [0.15, 0.2) is 9.04 Å². The Hall–Kier alpha value is 0.274. The fourth-order valence-electron chi connectivity index (χ4n) is 1.20. The van der Waals surface area contributed by atoms with Crippen LogP contribution in [0.2, 0.25) is 13.1 Å². The second-order valence-electron chi connectivity index (χ2n) is 3.15. The Balaban J connectivity index is 4.37. The van der Waals surface area contributed by atoms with Crippen molar-refractivity contribution in [2.75, 3.05) is 26.6 Å². The van der Waals surface area contributed by atoms with Gasteiger partial charge in [-0.2, -0.15) is 0 Å². The predicted octanol–water partition coefficient (Wildman–Crippen LogP) is 1.18. The van der Waals surface area contributed by atoms with E-state index < -0.39 is 17.8 Å². The molecule has 0 N–H and O–H groups in total. The lowest BCUT2D eigenvalue weighted by Crippen LogP contribution is -2.53. The van der Waals surface area contributed by atoms with Crippen molar-refractivity contribution in [3.63, 3.8) is 0 Å². The summed E-state index contributed by atoms with van der Waals surface area (Å²) in [5, 5.41) is 0. The second-order valence-corrected chi connectivity index (χ2v) is 8.42. The minimum atomic E-state index is -2.52. The molecule has 6 heteroatoms. The molecule has 0 aromatic heterocycles. The molecule has 0 aliphatic rings. The maximum Gasteiger partial charge on any atom is 0.517 e. The molecule has 0 aliphatic heterocycles. The summed E-state index contributed by atoms with van der Waals surface area (Å²) >= 11 is 0. The first-order chi connectivity index (χ1) is 6.60. The van der Waals surface area contributed by atoms with Crippen LogP contribution in [0.15, 0.2) is 0 Å². The molecular formula is C8H22O4Si2. The van der Waals surface area contributed by atoms with Gasteiger partial charge in [-0.3, -0.25) is 0 Å². The van der Waals surface area contributed by atoms with Crippen LogP contribution >= 0.6 is 0 Å². The van der Waals surface area contributed by atoms with E-state index in [4.69, 9.17) is 17.7 Å². The molecule has 0 saturated carbocycles. The summed E-state index contributed by atoms with van der Waals surface area (Å²) in [6.07, 6.45) is 0.444. The highest BCUT2D eigenvalue weighted by Crippen LogP contribution is 2.11. The van der Waals surface area contributed by atoms with Crippen molar-refractivity contribution in [2.24, 2.45) is 0 Å². The van der Waals surface area contributed by atoms with Crippen molar-refractivity contribution >= 4 is 17.8 Å². The van der Waals surface area contributed by atoms with Crippen molar-refractivity contribution in [1.82, 2.24) is 0 Å². The van der Waals surface area contributed by atoms with E-state index in [0.29, 0.717) is 19.4 Å². The summed E-state index contributed by atoms with van der Waals surface area (Å²) in [7, 11) is -2.03. The first kappa shape index (κ1) is 14.3. The van der Waals surface area contributed by atoms with E-state index in [9.17, 15) is 0 Å². The molecule has 0 aromatic carbocycles. The van der Waals surface area contributed by atoms with Gasteiger partial charge >= 0.3 is 8.80 Å². The fourth-order valence-corrected chi connectivity index (χ4v) is 6.38. The maximum atomic E-state index is 5.87. The molecule has 0 saturated heterocycles. The summed E-state index contributed by atoms with van der Waals surface area (Å²) in [5.41, 5.74) is 0. The summed E-state index contributed by atoms with van der Waals surface area (Å²) in [6.45, 7) is 9.32. The molecule has 0 rings (SSSR count). The van der Waals surface area contributed by atoms with Crippen LogP contribution in [0.3, 0.4) is 0 Å². The van der Waals surface area contributed by atoms with Crippen LogP contribution in [-0.4, -0.2) is 44.4 Å². The lowest BCUT2D eigenvalue weighted by atomic mass is 10.9. The summed E-state index contributed by atoms with van der Waals surface area (Å²) in [5.74, 6) is 0. The molecule has 0 aromatic rings. The van der Waals surface area contributed by atoms with Gasteiger partial charge in [0, 0.05) is 20.3 Å². The molecule has 0 unspecified atom stereocenters. The van der Waals surface area contributed by atoms with E-state index in [2.05, 4.69) is 13.1 Å². The highest BCUT2D eigenvalue weighted by atomic mass is 28.4. The van der Waals surface area contributed by atoms with Gasteiger partial charge in [0.2, 0.25) is 0 Å². The zero-order chi connectivity index (χ0) is 11.0. The second kappa shape index (κ2) is 7.55. The quantitative estimate of drug-likeness (QED) is 0.595. The lowest BCUT2D eigenvalue weighted by molar-refractivity contribution is 0.0777. The van der Waals surface area contributed by atoms with Gasteiger partial charge in [0.1, 0.15) is 6.23 Å². The van der Waals surface area contributed by atoms with Gasteiger partial charge in [-0.25, -0.2) is 0 Å². The SMILES string of the molecule is CCO[Si](COC)(OCC)O[SiH](C)C. The first-order valence-electron chi connectivity index (χ1n) is 5.04. The zero-order valence-electron chi connectivity index (χ0n) is 9.83. The highest BCUT2D eigenvalue weighted by Gasteiger charge is 2.41. The molecule has 0 radical (unpaired) electrons. The van der Waals surface area contributed by atoms with Crippen molar-refractivity contribution in [1.29, 1.82) is 0 Å². The molecular weight excluding hydrogens is 216 g/mol. The Morgan fingerprint density at radius 2 is 1.57 bits per heavy atom. The van der Waals surface area contributed by atoms with E-state index in [1.54, 1.807) is 7.11 Å². The fraction of sp³-hybridized carbons (Fsp3) is 1.00. The normalized spacial score (nSPS) is 12.4. The minimum Gasteiger partial charge on any atom is -0.417 e. The van der Waals surface area contributed by atoms with Gasteiger partial charge in [-0.05, 0) is 26.9 Å². The molecule has 0 spiro atoms. The number of hydrogen-bond donors (Lipinski definition) is 0. The number of methoxy groups -OCH3 is 1. The third-order valence-corrected chi connectivity index (χ3v) is 6.89. The van der Waals surface area contributed by atoms with E-state index in [1.807, 2.05) is 13.8 Å². The predicted molar refractivity (Wildman–Crippen MR) is 60.8 cm³/mol. The number of rotatable bonds is 8. The monoisotopic (exact) mass is 238 g/mol. The van der Waals surface area contributed by atoms with Crippen LogP contribution in [0.25, 0.3) is 0 Å². The van der Waals surface area contributed by atoms with Crippen molar-refractivity contribution in [3.8, 4) is 0 Å². The van der Waals surface area contributed by atoms with Crippen molar-refractivity contribution < 1.29 is 17.7 Å². The van der Waals surface area contributed by atoms with Gasteiger partial charge < -0.3 is 17.7 Å². The molecule has 4 nitrogen and oxygen atoms in total. The van der Waals surface area contributed by atoms with Gasteiger partial charge in [0.05, 0.1) is 0 Å². The van der Waals surface area contributed by atoms with E-state index in [0.717, 1.165) is 0 Å². The average Bonchev–Trinajstić information content (AvgIpc) is 2.03. The summed E-state index contributed by atoms with van der Waals surface area (Å²) < 4.78 is 22.2. The van der Waals surface area contributed by atoms with E-state index in [1.165, 1.54) is 0 Å². The van der Waals surface area contributed by atoms with Gasteiger partial charge in [0.25, 0.3) is 0 Å². The Morgan fingerprint density at radius 3 is 1.86 bits per heavy atom. The lowest BCUT2D eigenvalue weighted by Gasteiger charge is -2.30. The molecule has 0 fully saturated rings. The summed E-state index contributed by atoms with van der Waals surface area (Å²) in [6, 6.07) is 0. The topological polar surface area (TPSA) is 36.9 Å². The number of hydrogen-bond acceptors (Lipinski definition) is 4. The van der Waals surface area contributed by atoms with Gasteiger partial charge in [-0.15, -0.1) is 0 Å². The molecule has 0 heterocycles. The zero-order valence-corrected chi connectivity index (χ0v) is 12.0. The standard InChI is InChI=1S/C8H22O4Si2/c1-6-10-14(8-9-3,11-7-2)12-13(4)5/h13H,6-8H2,1-5H3. The van der Waals surface area contributed by atoms with Crippen LogP contribution in [0.4, 0.5) is 0 Å². The first-order valence-corrected chi connectivity index (χ1v) is 9.76. The van der Waals surface area contributed by atoms with Crippen LogP contribution in [0, 0.1) is 0 Å². The number of ether oxygens (including phenoxy) is 1. The maximum absolute atomic E-state index is 5.87. The van der Waals surface area contributed by atoms with Crippen molar-refractivity contribution in [2.45, 2.75) is 26.9 Å². The Bertz CT molecular complexity index is 126. The van der Waals surface area contributed by atoms with E-state index in [-0.39, 0.29) is 0 Å². The molecule has 0 atom stereocenters. The molecule has 86 valence electrons. The van der Waals surface area contributed by atoms with E-state index >= 15 is 0 Å². The largest absolute Gasteiger partial charge is 0.517 e. The molecule has 0 bridgehead atoms. The van der Waals surface area contributed by atoms with Crippen LogP contribution in [0.5, 0.6) is 0 Å². The third-order valence-electron chi connectivity index (χ3n) is 1.46. The molecule has 14 heavy (non-hydrogen) atoms. The Morgan fingerprint density at radius 1 is 1.07 bits per heavy atom.